The van der Waals surface area contributed by atoms with Crippen molar-refractivity contribution in [2.24, 2.45) is 11.8 Å². The molecule has 0 saturated heterocycles. The lowest BCUT2D eigenvalue weighted by Gasteiger charge is -2.10. The van der Waals surface area contributed by atoms with Crippen molar-refractivity contribution in [3.05, 3.63) is 51.4 Å². The fourth-order valence-electron chi connectivity index (χ4n) is 3.65. The molecule has 1 saturated carbocycles. The molecular weight excluding hydrogens is 364 g/mol. The zero-order valence-electron chi connectivity index (χ0n) is 15.7. The molecule has 0 spiro atoms. The van der Waals surface area contributed by atoms with Gasteiger partial charge in [0, 0.05) is 12.8 Å². The molecule has 1 heterocycles. The summed E-state index contributed by atoms with van der Waals surface area (Å²) in [5, 5.41) is 9.76. The maximum atomic E-state index is 13.2. The number of rotatable bonds is 5. The van der Waals surface area contributed by atoms with E-state index >= 15 is 0 Å². The molecule has 4 atom stereocenters. The quantitative estimate of drug-likeness (QED) is 0.600. The van der Waals surface area contributed by atoms with Crippen LogP contribution >= 0.6 is 0 Å². The van der Waals surface area contributed by atoms with Crippen molar-refractivity contribution in [1.29, 1.82) is 0 Å². The van der Waals surface area contributed by atoms with Gasteiger partial charge in [-0.2, -0.15) is 0 Å². The number of esters is 1. The summed E-state index contributed by atoms with van der Waals surface area (Å²) in [5.41, 5.74) is 1.07. The van der Waals surface area contributed by atoms with E-state index in [-0.39, 0.29) is 34.3 Å². The van der Waals surface area contributed by atoms with E-state index < -0.39 is 12.3 Å². The van der Waals surface area contributed by atoms with Crippen LogP contribution in [0.2, 0.25) is 0 Å². The van der Waals surface area contributed by atoms with E-state index in [4.69, 9.17) is 18.6 Å². The molecule has 4 rings (SSSR count). The van der Waals surface area contributed by atoms with Crippen LogP contribution in [0.4, 0.5) is 0 Å². The number of hydrogen-bond donors (Lipinski definition) is 1. The first-order chi connectivity index (χ1) is 13.4. The van der Waals surface area contributed by atoms with Crippen LogP contribution in [0.15, 0.2) is 39.7 Å². The smallest absolute Gasteiger partial charge is 0.307 e. The van der Waals surface area contributed by atoms with Crippen LogP contribution in [-0.4, -0.2) is 30.6 Å². The topological polar surface area (TPSA) is 95.2 Å². The lowest BCUT2D eigenvalue weighted by Crippen LogP contribution is -2.44. The minimum absolute atomic E-state index is 0.119. The molecule has 1 fully saturated rings. The SMILES string of the molecule is COc1ccc(-c2coc3c(c2=O)=C(OC(C)=O)C2C(O[C@@H](C)O)[C@H]2C=3)cc1. The van der Waals surface area contributed by atoms with Gasteiger partial charge in [0.15, 0.2) is 6.29 Å². The molecule has 1 N–H and O–H groups in total. The Hall–Kier alpha value is -2.90. The van der Waals surface area contributed by atoms with Crippen molar-refractivity contribution in [3.63, 3.8) is 0 Å². The van der Waals surface area contributed by atoms with Gasteiger partial charge in [-0.15, -0.1) is 0 Å². The van der Waals surface area contributed by atoms with Crippen LogP contribution in [0, 0.1) is 11.8 Å². The van der Waals surface area contributed by atoms with Crippen LogP contribution in [0.3, 0.4) is 0 Å². The number of fused-ring (bicyclic) bond motifs is 2. The first-order valence-corrected chi connectivity index (χ1v) is 8.95. The first kappa shape index (κ1) is 18.5. The Kier molecular flexibility index (Phi) is 4.56. The van der Waals surface area contributed by atoms with E-state index in [0.29, 0.717) is 22.3 Å². The average Bonchev–Trinajstić information content (AvgIpc) is 3.33. The van der Waals surface area contributed by atoms with E-state index in [1.54, 1.807) is 37.5 Å². The van der Waals surface area contributed by atoms with Gasteiger partial charge in [0.05, 0.1) is 24.7 Å². The molecule has 2 aromatic rings. The Balaban J connectivity index is 1.88. The number of ether oxygens (including phenoxy) is 3. The number of aliphatic hydroxyl groups excluding tert-OH is 1. The van der Waals surface area contributed by atoms with Crippen LogP contribution in [0.5, 0.6) is 5.75 Å². The fraction of sp³-hybridized carbons (Fsp3) is 0.333. The van der Waals surface area contributed by atoms with Crippen LogP contribution in [0.1, 0.15) is 13.8 Å². The predicted octanol–water partition coefficient (Wildman–Crippen LogP) is 0.750. The summed E-state index contributed by atoms with van der Waals surface area (Å²) >= 11 is 0. The van der Waals surface area contributed by atoms with Gasteiger partial charge < -0.3 is 23.7 Å². The minimum Gasteiger partial charge on any atom is -0.497 e. The number of carbonyl (C=O) groups excluding carboxylic acids is 1. The van der Waals surface area contributed by atoms with Gasteiger partial charge in [0.2, 0.25) is 5.43 Å². The average molecular weight is 384 g/mol. The summed E-state index contributed by atoms with van der Waals surface area (Å²) < 4.78 is 21.8. The number of methoxy groups -OCH3 is 1. The fourth-order valence-corrected chi connectivity index (χ4v) is 3.65. The Labute approximate surface area is 160 Å². The summed E-state index contributed by atoms with van der Waals surface area (Å²) in [6.07, 6.45) is 1.85. The molecule has 7 nitrogen and oxygen atoms in total. The molecule has 0 amide bonds. The molecule has 7 heteroatoms. The molecule has 2 aliphatic rings. The van der Waals surface area contributed by atoms with Crippen molar-refractivity contribution in [3.8, 4) is 16.9 Å². The van der Waals surface area contributed by atoms with Crippen LogP contribution in [0.25, 0.3) is 23.0 Å². The third kappa shape index (κ3) is 3.12. The van der Waals surface area contributed by atoms with Gasteiger partial charge >= 0.3 is 5.97 Å². The van der Waals surface area contributed by atoms with Crippen LogP contribution in [-0.2, 0) is 14.3 Å². The second-order valence-corrected chi connectivity index (χ2v) is 6.87. The predicted molar refractivity (Wildman–Crippen MR) is 99.4 cm³/mol. The molecule has 1 aromatic heterocycles. The van der Waals surface area contributed by atoms with Gasteiger partial charge in [0.25, 0.3) is 0 Å². The monoisotopic (exact) mass is 384 g/mol. The maximum absolute atomic E-state index is 13.2. The molecule has 2 unspecified atom stereocenters. The summed E-state index contributed by atoms with van der Waals surface area (Å²) in [6.45, 7) is 2.79. The van der Waals surface area contributed by atoms with Crippen molar-refractivity contribution < 1.29 is 28.5 Å². The van der Waals surface area contributed by atoms with E-state index in [0.717, 1.165) is 0 Å². The largest absolute Gasteiger partial charge is 0.497 e. The van der Waals surface area contributed by atoms with E-state index in [9.17, 15) is 14.7 Å². The molecule has 146 valence electrons. The van der Waals surface area contributed by atoms with Crippen molar-refractivity contribution in [2.75, 3.05) is 7.11 Å². The summed E-state index contributed by atoms with van der Waals surface area (Å²) in [5.74, 6) is -0.0414. The highest BCUT2D eigenvalue weighted by Gasteiger charge is 2.56. The zero-order chi connectivity index (χ0) is 20.0. The summed E-state index contributed by atoms with van der Waals surface area (Å²) in [7, 11) is 1.57. The lowest BCUT2D eigenvalue weighted by atomic mass is 10.0. The van der Waals surface area contributed by atoms with E-state index in [2.05, 4.69) is 0 Å². The zero-order valence-corrected chi connectivity index (χ0v) is 15.7. The van der Waals surface area contributed by atoms with Crippen molar-refractivity contribution in [2.45, 2.75) is 26.2 Å². The standard InChI is InChI=1S/C21H20O7/c1-10(22)27-20-14-8-16-18(21(17(14)20)28-11(2)23)19(24)15(9-26-16)12-4-6-13(25-3)7-5-12/h4-10,14,17,20,22H,1-3H3/t10-,14-,17?,20?/m0/s1. The number of hydrogen-bond acceptors (Lipinski definition) is 7. The van der Waals surface area contributed by atoms with E-state index in [1.807, 2.05) is 0 Å². The highest BCUT2D eigenvalue weighted by molar-refractivity contribution is 5.74. The molecule has 1 aromatic carbocycles. The highest BCUT2D eigenvalue weighted by Crippen LogP contribution is 2.50. The van der Waals surface area contributed by atoms with Crippen molar-refractivity contribution in [1.82, 2.24) is 0 Å². The normalized spacial score (nSPS) is 23.1. The van der Waals surface area contributed by atoms with Gasteiger partial charge in [-0.05, 0) is 30.7 Å². The van der Waals surface area contributed by atoms with E-state index in [1.165, 1.54) is 20.1 Å². The minimum atomic E-state index is -0.968. The second kappa shape index (κ2) is 6.92. The molecule has 0 radical (unpaired) electrons. The Morgan fingerprint density at radius 2 is 1.96 bits per heavy atom. The van der Waals surface area contributed by atoms with Gasteiger partial charge in [-0.25, -0.2) is 0 Å². The summed E-state index contributed by atoms with van der Waals surface area (Å²) in [4.78, 5) is 24.9. The number of benzene rings is 1. The molecule has 0 bridgehead atoms. The number of carbonyl (C=O) groups is 1. The highest BCUT2D eigenvalue weighted by atomic mass is 16.6. The van der Waals surface area contributed by atoms with Gasteiger partial charge in [-0.3, -0.25) is 9.59 Å². The number of aliphatic hydroxyl groups is 1. The Morgan fingerprint density at radius 1 is 1.25 bits per heavy atom. The third-order valence-corrected chi connectivity index (χ3v) is 4.93. The van der Waals surface area contributed by atoms with Gasteiger partial charge in [-0.1, -0.05) is 12.1 Å². The molecule has 0 aliphatic heterocycles. The third-order valence-electron chi connectivity index (χ3n) is 4.93. The first-order valence-electron chi connectivity index (χ1n) is 8.95. The lowest BCUT2D eigenvalue weighted by molar-refractivity contribution is -0.134. The molecular formula is C21H20O7. The second-order valence-electron chi connectivity index (χ2n) is 6.87. The Morgan fingerprint density at radius 3 is 2.57 bits per heavy atom. The summed E-state index contributed by atoms with van der Waals surface area (Å²) in [6, 6.07) is 7.02. The van der Waals surface area contributed by atoms with Gasteiger partial charge in [0.1, 0.15) is 28.4 Å². The molecule has 2 aliphatic carbocycles. The van der Waals surface area contributed by atoms with Crippen molar-refractivity contribution >= 4 is 17.8 Å². The Bertz CT molecular complexity index is 1100. The molecule has 28 heavy (non-hydrogen) atoms. The maximum Gasteiger partial charge on any atom is 0.307 e. The van der Waals surface area contributed by atoms with Crippen LogP contribution < -0.4 is 20.8 Å².